The SMILES string of the molecule is O=C(OCCO)c1ccccc1Cl. The van der Waals surface area contributed by atoms with Crippen molar-refractivity contribution in [1.29, 1.82) is 0 Å². The van der Waals surface area contributed by atoms with E-state index in [1.54, 1.807) is 24.3 Å². The van der Waals surface area contributed by atoms with E-state index in [-0.39, 0.29) is 13.2 Å². The zero-order chi connectivity index (χ0) is 9.68. The molecule has 1 rings (SSSR count). The predicted octanol–water partition coefficient (Wildman–Crippen LogP) is 1.49. The largest absolute Gasteiger partial charge is 0.460 e. The van der Waals surface area contributed by atoms with Crippen LogP contribution >= 0.6 is 11.6 Å². The third kappa shape index (κ3) is 2.72. The summed E-state index contributed by atoms with van der Waals surface area (Å²) < 4.78 is 4.68. The Kier molecular flexibility index (Phi) is 3.73. The van der Waals surface area contributed by atoms with Gasteiger partial charge in [0.1, 0.15) is 6.61 Å². The first-order valence-corrected chi connectivity index (χ1v) is 4.16. The van der Waals surface area contributed by atoms with E-state index < -0.39 is 5.97 Å². The molecule has 0 radical (unpaired) electrons. The van der Waals surface area contributed by atoms with Crippen LogP contribution in [0.5, 0.6) is 0 Å². The number of aliphatic hydroxyl groups excluding tert-OH is 1. The summed E-state index contributed by atoms with van der Waals surface area (Å²) in [5.41, 5.74) is 0.317. The lowest BCUT2D eigenvalue weighted by atomic mass is 10.2. The van der Waals surface area contributed by atoms with Crippen LogP contribution in [0.2, 0.25) is 5.02 Å². The maximum atomic E-state index is 11.2. The number of aliphatic hydroxyl groups is 1. The van der Waals surface area contributed by atoms with Crippen molar-refractivity contribution in [2.24, 2.45) is 0 Å². The first kappa shape index (κ1) is 10.0. The molecule has 0 saturated heterocycles. The monoisotopic (exact) mass is 200 g/mol. The highest BCUT2D eigenvalue weighted by molar-refractivity contribution is 6.33. The Hall–Kier alpha value is -1.06. The molecule has 70 valence electrons. The molecule has 3 nitrogen and oxygen atoms in total. The molecular formula is C9H9ClO3. The van der Waals surface area contributed by atoms with Gasteiger partial charge in [0, 0.05) is 0 Å². The molecule has 0 fully saturated rings. The van der Waals surface area contributed by atoms with Crippen LogP contribution in [0.3, 0.4) is 0 Å². The van der Waals surface area contributed by atoms with E-state index in [1.165, 1.54) is 0 Å². The van der Waals surface area contributed by atoms with Crippen LogP contribution in [0.1, 0.15) is 10.4 Å². The Balaban J connectivity index is 2.71. The molecule has 1 aromatic rings. The Bertz CT molecular complexity index is 299. The van der Waals surface area contributed by atoms with Crippen LogP contribution in [0.25, 0.3) is 0 Å². The first-order chi connectivity index (χ1) is 6.25. The lowest BCUT2D eigenvalue weighted by Crippen LogP contribution is -2.09. The van der Waals surface area contributed by atoms with E-state index in [0.29, 0.717) is 10.6 Å². The molecule has 13 heavy (non-hydrogen) atoms. The number of hydrogen-bond acceptors (Lipinski definition) is 3. The van der Waals surface area contributed by atoms with Crippen molar-refractivity contribution in [3.05, 3.63) is 34.9 Å². The molecule has 0 aromatic heterocycles. The van der Waals surface area contributed by atoms with Gasteiger partial charge in [0.25, 0.3) is 0 Å². The van der Waals surface area contributed by atoms with E-state index in [0.717, 1.165) is 0 Å². The highest BCUT2D eigenvalue weighted by Crippen LogP contribution is 2.15. The van der Waals surface area contributed by atoms with Gasteiger partial charge in [-0.3, -0.25) is 0 Å². The molecule has 0 aliphatic rings. The number of rotatable bonds is 3. The number of carbonyl (C=O) groups is 1. The van der Waals surface area contributed by atoms with Gasteiger partial charge in [-0.1, -0.05) is 23.7 Å². The highest BCUT2D eigenvalue weighted by atomic mass is 35.5. The van der Waals surface area contributed by atoms with Crippen LogP contribution in [0.15, 0.2) is 24.3 Å². The number of hydrogen-bond donors (Lipinski definition) is 1. The summed E-state index contributed by atoms with van der Waals surface area (Å²) in [7, 11) is 0. The van der Waals surface area contributed by atoms with Gasteiger partial charge in [-0.2, -0.15) is 0 Å². The topological polar surface area (TPSA) is 46.5 Å². The fraction of sp³-hybridized carbons (Fsp3) is 0.222. The second kappa shape index (κ2) is 4.84. The summed E-state index contributed by atoms with van der Waals surface area (Å²) >= 11 is 5.73. The average Bonchev–Trinajstić information content (AvgIpc) is 2.15. The fourth-order valence-electron chi connectivity index (χ4n) is 0.843. The molecule has 0 saturated carbocycles. The van der Waals surface area contributed by atoms with E-state index in [1.807, 2.05) is 0 Å². The number of benzene rings is 1. The van der Waals surface area contributed by atoms with Crippen molar-refractivity contribution in [2.75, 3.05) is 13.2 Å². The summed E-state index contributed by atoms with van der Waals surface area (Å²) in [6.07, 6.45) is 0. The number of halogens is 1. The standard InChI is InChI=1S/C9H9ClO3/c10-8-4-2-1-3-7(8)9(12)13-6-5-11/h1-4,11H,5-6H2. The molecule has 1 N–H and O–H groups in total. The van der Waals surface area contributed by atoms with E-state index >= 15 is 0 Å². The van der Waals surface area contributed by atoms with Crippen LogP contribution in [-0.4, -0.2) is 24.3 Å². The van der Waals surface area contributed by atoms with Gasteiger partial charge < -0.3 is 9.84 Å². The number of carbonyl (C=O) groups excluding carboxylic acids is 1. The predicted molar refractivity (Wildman–Crippen MR) is 48.8 cm³/mol. The zero-order valence-electron chi connectivity index (χ0n) is 6.87. The third-order valence-electron chi connectivity index (χ3n) is 1.42. The van der Waals surface area contributed by atoms with Gasteiger partial charge in [-0.15, -0.1) is 0 Å². The molecule has 4 heteroatoms. The van der Waals surface area contributed by atoms with Crippen LogP contribution in [0, 0.1) is 0 Å². The molecule has 0 bridgehead atoms. The van der Waals surface area contributed by atoms with Gasteiger partial charge in [0.15, 0.2) is 0 Å². The maximum absolute atomic E-state index is 11.2. The minimum Gasteiger partial charge on any atom is -0.460 e. The summed E-state index contributed by atoms with van der Waals surface area (Å²) in [6.45, 7) is -0.194. The molecule has 1 aromatic carbocycles. The van der Waals surface area contributed by atoms with Gasteiger partial charge in [-0.05, 0) is 12.1 Å². The normalized spacial score (nSPS) is 9.69. The first-order valence-electron chi connectivity index (χ1n) is 3.78. The molecule has 0 atom stereocenters. The molecule has 0 heterocycles. The van der Waals surface area contributed by atoms with Crippen LogP contribution in [0.4, 0.5) is 0 Å². The molecule has 0 amide bonds. The minimum absolute atomic E-state index is 0.00986. The highest BCUT2D eigenvalue weighted by Gasteiger charge is 2.09. The summed E-state index contributed by atoms with van der Waals surface area (Å²) in [6, 6.07) is 6.60. The van der Waals surface area contributed by atoms with Crippen molar-refractivity contribution in [3.8, 4) is 0 Å². The lowest BCUT2D eigenvalue weighted by Gasteiger charge is -2.03. The second-order valence-electron chi connectivity index (χ2n) is 2.34. The van der Waals surface area contributed by atoms with Gasteiger partial charge >= 0.3 is 5.97 Å². The molecule has 0 aliphatic heterocycles. The van der Waals surface area contributed by atoms with Crippen molar-refractivity contribution in [2.45, 2.75) is 0 Å². The van der Waals surface area contributed by atoms with Crippen molar-refractivity contribution in [1.82, 2.24) is 0 Å². The second-order valence-corrected chi connectivity index (χ2v) is 2.75. The quantitative estimate of drug-likeness (QED) is 0.752. The molecule has 0 unspecified atom stereocenters. The number of esters is 1. The van der Waals surface area contributed by atoms with Crippen molar-refractivity contribution in [3.63, 3.8) is 0 Å². The molecule has 0 spiro atoms. The maximum Gasteiger partial charge on any atom is 0.339 e. The van der Waals surface area contributed by atoms with Crippen molar-refractivity contribution < 1.29 is 14.6 Å². The summed E-state index contributed by atoms with van der Waals surface area (Å²) in [5.74, 6) is -0.514. The van der Waals surface area contributed by atoms with Gasteiger partial charge in [-0.25, -0.2) is 4.79 Å². The van der Waals surface area contributed by atoms with E-state index in [4.69, 9.17) is 16.7 Å². The number of ether oxygens (including phenoxy) is 1. The van der Waals surface area contributed by atoms with E-state index in [9.17, 15) is 4.79 Å². The Morgan fingerprint density at radius 1 is 1.46 bits per heavy atom. The van der Waals surface area contributed by atoms with E-state index in [2.05, 4.69) is 4.74 Å². The Labute approximate surface area is 80.9 Å². The average molecular weight is 201 g/mol. The Morgan fingerprint density at radius 2 is 2.15 bits per heavy atom. The van der Waals surface area contributed by atoms with Crippen LogP contribution < -0.4 is 0 Å². The van der Waals surface area contributed by atoms with Crippen LogP contribution in [-0.2, 0) is 4.74 Å². The summed E-state index contributed by atoms with van der Waals surface area (Å²) in [5, 5.41) is 8.77. The molecular weight excluding hydrogens is 192 g/mol. The van der Waals surface area contributed by atoms with Gasteiger partial charge in [0.2, 0.25) is 0 Å². The minimum atomic E-state index is -0.514. The van der Waals surface area contributed by atoms with Gasteiger partial charge in [0.05, 0.1) is 17.2 Å². The smallest absolute Gasteiger partial charge is 0.339 e. The fourth-order valence-corrected chi connectivity index (χ4v) is 1.06. The van der Waals surface area contributed by atoms with Crippen molar-refractivity contribution >= 4 is 17.6 Å². The zero-order valence-corrected chi connectivity index (χ0v) is 7.62. The Morgan fingerprint density at radius 3 is 2.77 bits per heavy atom. The third-order valence-corrected chi connectivity index (χ3v) is 1.75. The molecule has 0 aliphatic carbocycles. The summed E-state index contributed by atoms with van der Waals surface area (Å²) in [4.78, 5) is 11.2. The lowest BCUT2D eigenvalue weighted by molar-refractivity contribution is 0.0434.